The van der Waals surface area contributed by atoms with Gasteiger partial charge in [0.1, 0.15) is 0 Å². The quantitative estimate of drug-likeness (QED) is 0.611. The van der Waals surface area contributed by atoms with Crippen LogP contribution in [0.15, 0.2) is 70.5 Å². The molecule has 4 aromatic rings. The Morgan fingerprint density at radius 1 is 0.889 bits per heavy atom. The van der Waals surface area contributed by atoms with Crippen LogP contribution in [0.4, 0.5) is 0 Å². The summed E-state index contributed by atoms with van der Waals surface area (Å²) in [6.45, 7) is 0. The van der Waals surface area contributed by atoms with Crippen LogP contribution in [0.25, 0.3) is 33.7 Å². The molecule has 1 fully saturated rings. The molecule has 132 valence electrons. The number of rotatable bonds is 3. The number of hydrogen-bond donors (Lipinski definition) is 1. The number of nitrogens with zero attached hydrogens (tertiary/aromatic N) is 3. The molecule has 27 heavy (non-hydrogen) atoms. The highest BCUT2D eigenvalue weighted by molar-refractivity contribution is 5.84. The standard InChI is InChI=1S/C21H16N4O2/c26-16-10-11-22-21-20(16)23-19(18(24-21)13-4-2-1-3-5-13)14-6-9-17(27)25(12-14)15-7-8-15/h1-6,9-12,15H,7-8H2,(H,22,24,26). The van der Waals surface area contributed by atoms with Crippen molar-refractivity contribution in [1.82, 2.24) is 19.5 Å². The van der Waals surface area contributed by atoms with E-state index in [4.69, 9.17) is 0 Å². The average Bonchev–Trinajstić information content (AvgIpc) is 3.54. The molecule has 1 aliphatic carbocycles. The van der Waals surface area contributed by atoms with Crippen LogP contribution >= 0.6 is 0 Å². The molecule has 6 nitrogen and oxygen atoms in total. The fourth-order valence-electron chi connectivity index (χ4n) is 3.26. The average molecular weight is 356 g/mol. The van der Waals surface area contributed by atoms with Crippen LogP contribution in [0, 0.1) is 0 Å². The summed E-state index contributed by atoms with van der Waals surface area (Å²) in [7, 11) is 0. The maximum absolute atomic E-state index is 12.3. The third-order valence-electron chi connectivity index (χ3n) is 4.78. The first-order valence-electron chi connectivity index (χ1n) is 8.88. The lowest BCUT2D eigenvalue weighted by Crippen LogP contribution is -2.17. The van der Waals surface area contributed by atoms with Crippen LogP contribution < -0.4 is 11.0 Å². The van der Waals surface area contributed by atoms with E-state index in [1.165, 1.54) is 6.07 Å². The molecule has 6 heteroatoms. The number of H-pyrrole nitrogens is 1. The van der Waals surface area contributed by atoms with E-state index >= 15 is 0 Å². The summed E-state index contributed by atoms with van der Waals surface area (Å²) >= 11 is 0. The van der Waals surface area contributed by atoms with Gasteiger partial charge in [0.15, 0.2) is 11.2 Å². The molecule has 1 saturated carbocycles. The number of benzene rings is 1. The Hall–Kier alpha value is -3.54. The van der Waals surface area contributed by atoms with Gasteiger partial charge in [0.25, 0.3) is 5.56 Å². The molecule has 1 aliphatic rings. The maximum atomic E-state index is 12.3. The van der Waals surface area contributed by atoms with Crippen molar-refractivity contribution in [2.75, 3.05) is 0 Å². The minimum Gasteiger partial charge on any atom is -0.345 e. The summed E-state index contributed by atoms with van der Waals surface area (Å²) in [6, 6.07) is 14.7. The van der Waals surface area contributed by atoms with Crippen molar-refractivity contribution in [1.29, 1.82) is 0 Å². The zero-order chi connectivity index (χ0) is 18.4. The minimum atomic E-state index is -0.187. The minimum absolute atomic E-state index is 0.0193. The lowest BCUT2D eigenvalue weighted by atomic mass is 10.1. The van der Waals surface area contributed by atoms with E-state index in [1.807, 2.05) is 36.5 Å². The predicted molar refractivity (Wildman–Crippen MR) is 104 cm³/mol. The van der Waals surface area contributed by atoms with Gasteiger partial charge >= 0.3 is 0 Å². The van der Waals surface area contributed by atoms with Crippen LogP contribution in [0.2, 0.25) is 0 Å². The van der Waals surface area contributed by atoms with E-state index in [2.05, 4.69) is 15.0 Å². The Morgan fingerprint density at radius 2 is 1.67 bits per heavy atom. The molecule has 0 radical (unpaired) electrons. The highest BCUT2D eigenvalue weighted by Gasteiger charge is 2.25. The molecule has 1 N–H and O–H groups in total. The van der Waals surface area contributed by atoms with Crippen LogP contribution in [-0.4, -0.2) is 19.5 Å². The first kappa shape index (κ1) is 15.7. The molecule has 0 bridgehead atoms. The van der Waals surface area contributed by atoms with Gasteiger partial charge in [0, 0.05) is 41.7 Å². The number of nitrogens with one attached hydrogen (secondary N) is 1. The van der Waals surface area contributed by atoms with Crippen LogP contribution in [0.3, 0.4) is 0 Å². The lowest BCUT2D eigenvalue weighted by molar-refractivity contribution is 0.708. The SMILES string of the molecule is O=c1cc[nH]c2nc(-c3ccccc3)c(-c3ccc(=O)n(C4CC4)c3)nc12. The first-order valence-corrected chi connectivity index (χ1v) is 8.88. The van der Waals surface area contributed by atoms with Crippen molar-refractivity contribution in [3.63, 3.8) is 0 Å². The van der Waals surface area contributed by atoms with Crippen LogP contribution in [-0.2, 0) is 0 Å². The van der Waals surface area contributed by atoms with E-state index in [9.17, 15) is 9.59 Å². The van der Waals surface area contributed by atoms with Crippen molar-refractivity contribution in [2.45, 2.75) is 18.9 Å². The lowest BCUT2D eigenvalue weighted by Gasteiger charge is -2.12. The molecule has 1 aromatic carbocycles. The van der Waals surface area contributed by atoms with Crippen molar-refractivity contribution in [2.24, 2.45) is 0 Å². The summed E-state index contributed by atoms with van der Waals surface area (Å²) in [6.07, 6.45) is 5.43. The van der Waals surface area contributed by atoms with Crippen molar-refractivity contribution < 1.29 is 0 Å². The van der Waals surface area contributed by atoms with Crippen LogP contribution in [0.1, 0.15) is 18.9 Å². The second-order valence-corrected chi connectivity index (χ2v) is 6.72. The van der Waals surface area contributed by atoms with Gasteiger partial charge in [0.2, 0.25) is 5.43 Å². The highest BCUT2D eigenvalue weighted by Crippen LogP contribution is 2.35. The number of aromatic amines is 1. The van der Waals surface area contributed by atoms with Gasteiger partial charge in [-0.1, -0.05) is 30.3 Å². The Morgan fingerprint density at radius 3 is 2.44 bits per heavy atom. The van der Waals surface area contributed by atoms with E-state index < -0.39 is 0 Å². The molecule has 0 atom stereocenters. The topological polar surface area (TPSA) is 80.6 Å². The number of hydrogen-bond acceptors (Lipinski definition) is 4. The van der Waals surface area contributed by atoms with E-state index in [0.29, 0.717) is 17.0 Å². The zero-order valence-corrected chi connectivity index (χ0v) is 14.4. The predicted octanol–water partition coefficient (Wildman–Crippen LogP) is 3.15. The fraction of sp³-hybridized carbons (Fsp3) is 0.143. The largest absolute Gasteiger partial charge is 0.345 e. The molecule has 0 unspecified atom stereocenters. The van der Waals surface area contributed by atoms with Gasteiger partial charge < -0.3 is 9.55 Å². The van der Waals surface area contributed by atoms with Crippen LogP contribution in [0.5, 0.6) is 0 Å². The fourth-order valence-corrected chi connectivity index (χ4v) is 3.26. The third kappa shape index (κ3) is 2.75. The van der Waals surface area contributed by atoms with Crippen molar-refractivity contribution in [3.05, 3.63) is 81.5 Å². The first-order chi connectivity index (χ1) is 13.2. The molecule has 3 heterocycles. The highest BCUT2D eigenvalue weighted by atomic mass is 16.1. The maximum Gasteiger partial charge on any atom is 0.250 e. The van der Waals surface area contributed by atoms with Crippen molar-refractivity contribution >= 4 is 11.2 Å². The summed E-state index contributed by atoms with van der Waals surface area (Å²) in [5.74, 6) is 0. The molecule has 0 aliphatic heterocycles. The molecule has 5 rings (SSSR count). The number of fused-ring (bicyclic) bond motifs is 1. The smallest absolute Gasteiger partial charge is 0.250 e. The van der Waals surface area contributed by atoms with E-state index in [1.54, 1.807) is 22.9 Å². The summed E-state index contributed by atoms with van der Waals surface area (Å²) in [4.78, 5) is 36.8. The van der Waals surface area contributed by atoms with Gasteiger partial charge in [-0.25, -0.2) is 9.97 Å². The van der Waals surface area contributed by atoms with Gasteiger partial charge in [-0.2, -0.15) is 0 Å². The van der Waals surface area contributed by atoms with Gasteiger partial charge in [-0.3, -0.25) is 9.59 Å². The summed E-state index contributed by atoms with van der Waals surface area (Å²) < 4.78 is 1.76. The van der Waals surface area contributed by atoms with Gasteiger partial charge in [-0.05, 0) is 18.9 Å². The Kier molecular flexibility index (Phi) is 3.50. The second-order valence-electron chi connectivity index (χ2n) is 6.72. The van der Waals surface area contributed by atoms with E-state index in [0.717, 1.165) is 24.0 Å². The molecular weight excluding hydrogens is 340 g/mol. The Bertz CT molecular complexity index is 1270. The molecule has 0 saturated heterocycles. The third-order valence-corrected chi connectivity index (χ3v) is 4.78. The van der Waals surface area contributed by atoms with Crippen molar-refractivity contribution in [3.8, 4) is 22.5 Å². The monoisotopic (exact) mass is 356 g/mol. The Labute approximate surface area is 154 Å². The molecular formula is C21H16N4O2. The summed E-state index contributed by atoms with van der Waals surface area (Å²) in [5.41, 5.74) is 3.47. The van der Waals surface area contributed by atoms with Gasteiger partial charge in [0.05, 0.1) is 11.4 Å². The number of pyridine rings is 2. The zero-order valence-electron chi connectivity index (χ0n) is 14.4. The van der Waals surface area contributed by atoms with E-state index in [-0.39, 0.29) is 22.5 Å². The second kappa shape index (κ2) is 6.02. The summed E-state index contributed by atoms with van der Waals surface area (Å²) in [5, 5.41) is 0. The normalized spacial score (nSPS) is 13.8. The Balaban J connectivity index is 1.82. The molecule has 0 spiro atoms. The van der Waals surface area contributed by atoms with Gasteiger partial charge in [-0.15, -0.1) is 0 Å². The molecule has 3 aromatic heterocycles. The molecule has 0 amide bonds. The number of aromatic nitrogens is 4.